The first-order valence-corrected chi connectivity index (χ1v) is 7.59. The van der Waals surface area contributed by atoms with Crippen LogP contribution in [0.15, 0.2) is 18.2 Å². The highest BCUT2D eigenvalue weighted by Crippen LogP contribution is 2.41. The molecule has 1 fully saturated rings. The molecule has 0 bridgehead atoms. The molecule has 2 aliphatic carbocycles. The van der Waals surface area contributed by atoms with E-state index in [1.54, 1.807) is 14.2 Å². The zero-order chi connectivity index (χ0) is 14.2. The lowest BCUT2D eigenvalue weighted by atomic mass is 9.78. The van der Waals surface area contributed by atoms with E-state index in [0.717, 1.165) is 19.4 Å². The largest absolute Gasteiger partial charge is 0.353 e. The van der Waals surface area contributed by atoms with Crippen molar-refractivity contribution < 1.29 is 9.47 Å². The molecule has 0 amide bonds. The Morgan fingerprint density at radius 1 is 1.25 bits per heavy atom. The summed E-state index contributed by atoms with van der Waals surface area (Å²) >= 11 is 0. The molecule has 0 saturated heterocycles. The van der Waals surface area contributed by atoms with Gasteiger partial charge in [0.2, 0.25) is 0 Å². The van der Waals surface area contributed by atoms with E-state index in [9.17, 15) is 0 Å². The average Bonchev–Trinajstić information content (AvgIpc) is 2.83. The van der Waals surface area contributed by atoms with Gasteiger partial charge in [-0.15, -0.1) is 0 Å². The Balaban J connectivity index is 1.55. The zero-order valence-electron chi connectivity index (χ0n) is 12.7. The molecule has 1 unspecified atom stereocenters. The van der Waals surface area contributed by atoms with Crippen molar-refractivity contribution in [3.63, 3.8) is 0 Å². The van der Waals surface area contributed by atoms with Crippen molar-refractivity contribution in [1.82, 2.24) is 5.32 Å². The van der Waals surface area contributed by atoms with Crippen LogP contribution in [-0.4, -0.2) is 26.6 Å². The molecule has 0 aromatic heterocycles. The molecule has 20 heavy (non-hydrogen) atoms. The quantitative estimate of drug-likeness (QED) is 0.838. The van der Waals surface area contributed by atoms with Crippen molar-refractivity contribution in [2.75, 3.05) is 20.8 Å². The number of benzene rings is 1. The van der Waals surface area contributed by atoms with Crippen molar-refractivity contribution >= 4 is 0 Å². The maximum absolute atomic E-state index is 5.45. The van der Waals surface area contributed by atoms with E-state index in [-0.39, 0.29) is 5.79 Å². The Hall–Kier alpha value is -0.900. The lowest BCUT2D eigenvalue weighted by Gasteiger charge is -2.45. The number of nitrogens with one attached hydrogen (secondary N) is 1. The minimum Gasteiger partial charge on any atom is -0.353 e. The number of rotatable bonds is 5. The van der Waals surface area contributed by atoms with Crippen molar-refractivity contribution in [3.8, 4) is 0 Å². The first kappa shape index (κ1) is 14.1. The minimum atomic E-state index is -0.310. The third kappa shape index (κ3) is 2.39. The van der Waals surface area contributed by atoms with Gasteiger partial charge in [-0.05, 0) is 48.9 Å². The van der Waals surface area contributed by atoms with Gasteiger partial charge in [0.1, 0.15) is 0 Å². The fourth-order valence-electron chi connectivity index (χ4n) is 3.80. The van der Waals surface area contributed by atoms with Gasteiger partial charge < -0.3 is 14.8 Å². The molecule has 0 radical (unpaired) electrons. The number of ether oxygens (including phenoxy) is 2. The highest BCUT2D eigenvalue weighted by Gasteiger charge is 2.45. The smallest absolute Gasteiger partial charge is 0.168 e. The Labute approximate surface area is 121 Å². The maximum Gasteiger partial charge on any atom is 0.168 e. The SMILES string of the molecule is COC1(OC)CC(CNC2CCc3cccc(C)c32)C1. The van der Waals surface area contributed by atoms with Crippen LogP contribution in [-0.2, 0) is 15.9 Å². The van der Waals surface area contributed by atoms with Crippen LogP contribution in [0.25, 0.3) is 0 Å². The molecule has 110 valence electrons. The Bertz CT molecular complexity index is 474. The van der Waals surface area contributed by atoms with Crippen LogP contribution in [0.4, 0.5) is 0 Å². The molecular formula is C17H25NO2. The Morgan fingerprint density at radius 2 is 2.00 bits per heavy atom. The number of hydrogen-bond acceptors (Lipinski definition) is 3. The molecular weight excluding hydrogens is 250 g/mol. The normalized spacial score (nSPS) is 24.4. The second kappa shape index (κ2) is 5.47. The molecule has 1 N–H and O–H groups in total. The predicted octanol–water partition coefficient (Wildman–Crippen LogP) is 2.97. The van der Waals surface area contributed by atoms with Gasteiger partial charge in [0, 0.05) is 33.1 Å². The van der Waals surface area contributed by atoms with Crippen LogP contribution in [0.1, 0.15) is 42.0 Å². The maximum atomic E-state index is 5.45. The monoisotopic (exact) mass is 275 g/mol. The second-order valence-corrected chi connectivity index (χ2v) is 6.24. The van der Waals surface area contributed by atoms with Crippen molar-refractivity contribution in [3.05, 3.63) is 34.9 Å². The highest BCUT2D eigenvalue weighted by molar-refractivity contribution is 5.40. The molecule has 3 nitrogen and oxygen atoms in total. The van der Waals surface area contributed by atoms with Gasteiger partial charge >= 0.3 is 0 Å². The van der Waals surface area contributed by atoms with Crippen LogP contribution >= 0.6 is 0 Å². The van der Waals surface area contributed by atoms with Crippen LogP contribution in [0.5, 0.6) is 0 Å². The molecule has 1 saturated carbocycles. The predicted molar refractivity (Wildman–Crippen MR) is 79.7 cm³/mol. The van der Waals surface area contributed by atoms with E-state index < -0.39 is 0 Å². The molecule has 3 heteroatoms. The van der Waals surface area contributed by atoms with E-state index >= 15 is 0 Å². The average molecular weight is 275 g/mol. The van der Waals surface area contributed by atoms with E-state index in [0.29, 0.717) is 12.0 Å². The van der Waals surface area contributed by atoms with Crippen molar-refractivity contribution in [2.45, 2.75) is 44.4 Å². The second-order valence-electron chi connectivity index (χ2n) is 6.24. The Morgan fingerprint density at radius 3 is 2.70 bits per heavy atom. The van der Waals surface area contributed by atoms with Gasteiger partial charge in [-0.3, -0.25) is 0 Å². The standard InChI is InChI=1S/C17H25NO2/c1-12-5-4-6-14-7-8-15(16(12)14)18-11-13-9-17(10-13,19-2)20-3/h4-6,13,15,18H,7-11H2,1-3H3. The molecule has 0 spiro atoms. The molecule has 3 rings (SSSR count). The third-order valence-electron chi connectivity index (χ3n) is 5.06. The third-order valence-corrected chi connectivity index (χ3v) is 5.06. The summed E-state index contributed by atoms with van der Waals surface area (Å²) in [7, 11) is 3.48. The van der Waals surface area contributed by atoms with Gasteiger partial charge in [-0.1, -0.05) is 18.2 Å². The van der Waals surface area contributed by atoms with E-state index in [1.165, 1.54) is 29.5 Å². The summed E-state index contributed by atoms with van der Waals surface area (Å²) in [4.78, 5) is 0. The van der Waals surface area contributed by atoms with E-state index in [1.807, 2.05) is 0 Å². The summed E-state index contributed by atoms with van der Waals surface area (Å²) < 4.78 is 10.9. The summed E-state index contributed by atoms with van der Waals surface area (Å²) in [5, 5.41) is 3.76. The lowest BCUT2D eigenvalue weighted by molar-refractivity contribution is -0.269. The fraction of sp³-hybridized carbons (Fsp3) is 0.647. The summed E-state index contributed by atoms with van der Waals surface area (Å²) in [6.07, 6.45) is 4.44. The van der Waals surface area contributed by atoms with E-state index in [2.05, 4.69) is 30.4 Å². The van der Waals surface area contributed by atoms with Crippen molar-refractivity contribution in [1.29, 1.82) is 0 Å². The first-order chi connectivity index (χ1) is 9.67. The number of methoxy groups -OCH3 is 2. The fourth-order valence-corrected chi connectivity index (χ4v) is 3.80. The molecule has 1 aromatic rings. The first-order valence-electron chi connectivity index (χ1n) is 7.59. The van der Waals surface area contributed by atoms with Gasteiger partial charge in [0.15, 0.2) is 5.79 Å². The number of aryl methyl sites for hydroxylation is 2. The molecule has 2 aliphatic rings. The van der Waals surface area contributed by atoms with Gasteiger partial charge in [-0.25, -0.2) is 0 Å². The number of fused-ring (bicyclic) bond motifs is 1. The summed E-state index contributed by atoms with van der Waals surface area (Å²) in [6.45, 7) is 3.29. The topological polar surface area (TPSA) is 30.5 Å². The summed E-state index contributed by atoms with van der Waals surface area (Å²) in [5.41, 5.74) is 4.49. The number of hydrogen-bond donors (Lipinski definition) is 1. The van der Waals surface area contributed by atoms with Crippen LogP contribution in [0.2, 0.25) is 0 Å². The van der Waals surface area contributed by atoms with Gasteiger partial charge in [-0.2, -0.15) is 0 Å². The summed E-state index contributed by atoms with van der Waals surface area (Å²) in [6, 6.07) is 7.21. The zero-order valence-corrected chi connectivity index (χ0v) is 12.7. The lowest BCUT2D eigenvalue weighted by Crippen LogP contribution is -2.50. The molecule has 0 heterocycles. The van der Waals surface area contributed by atoms with E-state index in [4.69, 9.17) is 9.47 Å². The summed E-state index contributed by atoms with van der Waals surface area (Å²) in [5.74, 6) is 0.360. The molecule has 1 atom stereocenters. The van der Waals surface area contributed by atoms with Crippen LogP contribution in [0.3, 0.4) is 0 Å². The Kier molecular flexibility index (Phi) is 3.85. The van der Waals surface area contributed by atoms with Crippen LogP contribution in [0, 0.1) is 12.8 Å². The van der Waals surface area contributed by atoms with Gasteiger partial charge in [0.25, 0.3) is 0 Å². The molecule has 1 aromatic carbocycles. The molecule has 0 aliphatic heterocycles. The van der Waals surface area contributed by atoms with Crippen molar-refractivity contribution in [2.24, 2.45) is 5.92 Å². The minimum absolute atomic E-state index is 0.310. The van der Waals surface area contributed by atoms with Crippen LogP contribution < -0.4 is 5.32 Å². The van der Waals surface area contributed by atoms with Gasteiger partial charge in [0.05, 0.1) is 0 Å². The highest BCUT2D eigenvalue weighted by atomic mass is 16.7.